The first-order valence-electron chi connectivity index (χ1n) is 8.90. The third-order valence-corrected chi connectivity index (χ3v) is 6.15. The summed E-state index contributed by atoms with van der Waals surface area (Å²) in [6, 6.07) is 2.20. The van der Waals surface area contributed by atoms with E-state index in [4.69, 9.17) is 14.2 Å². The van der Waals surface area contributed by atoms with Crippen molar-refractivity contribution >= 4 is 11.3 Å². The molecule has 1 aromatic rings. The third-order valence-electron chi connectivity index (χ3n) is 5.45. The fraction of sp³-hybridized carbons (Fsp3) is 0.778. The lowest BCUT2D eigenvalue weighted by molar-refractivity contribution is -0.184. The summed E-state index contributed by atoms with van der Waals surface area (Å²) < 4.78 is 17.8. The third kappa shape index (κ3) is 3.64. The molecule has 23 heavy (non-hydrogen) atoms. The molecule has 4 nitrogen and oxygen atoms in total. The summed E-state index contributed by atoms with van der Waals surface area (Å²) in [7, 11) is 0. The van der Waals surface area contributed by atoms with Gasteiger partial charge in [-0.15, -0.1) is 0 Å². The summed E-state index contributed by atoms with van der Waals surface area (Å²) in [5, 5.41) is 4.37. The van der Waals surface area contributed by atoms with E-state index in [0.717, 1.165) is 45.1 Å². The molecule has 5 heteroatoms. The summed E-state index contributed by atoms with van der Waals surface area (Å²) >= 11 is 1.76. The molecule has 2 saturated heterocycles. The van der Waals surface area contributed by atoms with Gasteiger partial charge >= 0.3 is 0 Å². The number of hydrogen-bond acceptors (Lipinski definition) is 5. The number of morpholine rings is 1. The van der Waals surface area contributed by atoms with Gasteiger partial charge in [-0.05, 0) is 48.1 Å². The molecule has 2 atom stereocenters. The lowest BCUT2D eigenvalue weighted by atomic mass is 9.84. The molecule has 0 unspecified atom stereocenters. The molecule has 1 spiro atoms. The zero-order valence-electron chi connectivity index (χ0n) is 13.9. The molecule has 3 aliphatic rings. The van der Waals surface area contributed by atoms with Gasteiger partial charge < -0.3 is 14.2 Å². The van der Waals surface area contributed by atoms with Crippen LogP contribution in [0.3, 0.4) is 0 Å². The standard InChI is InChI=1S/C18H27NO3S/c1-14-10-19(12-17(22-14)16-4-9-23-13-16)11-15-2-5-18(6-3-15)20-7-8-21-18/h4,9,13-15,17H,2-3,5-8,10-12H2,1H3/t14-,17+/m0/s1. The molecule has 0 amide bonds. The number of rotatable bonds is 3. The number of thiophene rings is 1. The lowest BCUT2D eigenvalue weighted by Gasteiger charge is -2.41. The molecular formula is C18H27NO3S. The normalized spacial score (nSPS) is 32.6. The van der Waals surface area contributed by atoms with Crippen LogP contribution in [0.25, 0.3) is 0 Å². The monoisotopic (exact) mass is 337 g/mol. The Balaban J connectivity index is 1.32. The molecule has 128 valence electrons. The van der Waals surface area contributed by atoms with E-state index in [1.807, 2.05) is 0 Å². The maximum atomic E-state index is 6.15. The Labute approximate surface area is 142 Å². The molecule has 0 radical (unpaired) electrons. The number of nitrogens with zero attached hydrogens (tertiary/aromatic N) is 1. The van der Waals surface area contributed by atoms with Crippen molar-refractivity contribution in [2.75, 3.05) is 32.8 Å². The topological polar surface area (TPSA) is 30.9 Å². The van der Waals surface area contributed by atoms with Crippen molar-refractivity contribution in [2.45, 2.75) is 50.6 Å². The second-order valence-electron chi connectivity index (χ2n) is 7.26. The summed E-state index contributed by atoms with van der Waals surface area (Å²) in [4.78, 5) is 2.61. The predicted octanol–water partition coefficient (Wildman–Crippen LogP) is 3.44. The minimum Gasteiger partial charge on any atom is -0.368 e. The quantitative estimate of drug-likeness (QED) is 0.845. The van der Waals surface area contributed by atoms with Crippen LogP contribution in [0.5, 0.6) is 0 Å². The van der Waals surface area contributed by atoms with Crippen LogP contribution in [0.15, 0.2) is 16.8 Å². The molecule has 1 aliphatic carbocycles. The highest BCUT2D eigenvalue weighted by atomic mass is 32.1. The van der Waals surface area contributed by atoms with E-state index >= 15 is 0 Å². The molecule has 3 fully saturated rings. The van der Waals surface area contributed by atoms with Crippen LogP contribution in [-0.4, -0.2) is 49.6 Å². The van der Waals surface area contributed by atoms with Crippen molar-refractivity contribution in [3.63, 3.8) is 0 Å². The van der Waals surface area contributed by atoms with Crippen molar-refractivity contribution in [2.24, 2.45) is 5.92 Å². The van der Waals surface area contributed by atoms with Gasteiger partial charge in [0.25, 0.3) is 0 Å². The van der Waals surface area contributed by atoms with Crippen molar-refractivity contribution < 1.29 is 14.2 Å². The summed E-state index contributed by atoms with van der Waals surface area (Å²) in [6.45, 7) is 7.00. The van der Waals surface area contributed by atoms with Gasteiger partial charge in [0.1, 0.15) is 0 Å². The zero-order valence-corrected chi connectivity index (χ0v) is 14.7. The van der Waals surface area contributed by atoms with E-state index in [-0.39, 0.29) is 11.9 Å². The molecule has 1 saturated carbocycles. The first-order valence-corrected chi connectivity index (χ1v) is 9.84. The van der Waals surface area contributed by atoms with E-state index in [1.54, 1.807) is 11.3 Å². The largest absolute Gasteiger partial charge is 0.368 e. The Morgan fingerprint density at radius 2 is 2.00 bits per heavy atom. The average Bonchev–Trinajstić information content (AvgIpc) is 3.22. The highest BCUT2D eigenvalue weighted by Crippen LogP contribution is 2.39. The molecule has 0 bridgehead atoms. The van der Waals surface area contributed by atoms with E-state index in [1.165, 1.54) is 24.9 Å². The smallest absolute Gasteiger partial charge is 0.168 e. The fourth-order valence-corrected chi connectivity index (χ4v) is 4.98. The lowest BCUT2D eigenvalue weighted by Crippen LogP contribution is -2.46. The number of ether oxygens (including phenoxy) is 3. The van der Waals surface area contributed by atoms with Crippen LogP contribution in [0.4, 0.5) is 0 Å². The summed E-state index contributed by atoms with van der Waals surface area (Å²) in [5.41, 5.74) is 1.34. The number of hydrogen-bond donors (Lipinski definition) is 0. The maximum absolute atomic E-state index is 6.15. The van der Waals surface area contributed by atoms with Crippen LogP contribution < -0.4 is 0 Å². The van der Waals surface area contributed by atoms with Gasteiger partial charge in [0.2, 0.25) is 0 Å². The van der Waals surface area contributed by atoms with Gasteiger partial charge in [-0.3, -0.25) is 4.90 Å². The minimum absolute atomic E-state index is 0.228. The van der Waals surface area contributed by atoms with E-state index in [9.17, 15) is 0 Å². The van der Waals surface area contributed by atoms with Crippen LogP contribution in [0, 0.1) is 5.92 Å². The second-order valence-corrected chi connectivity index (χ2v) is 8.04. The Bertz CT molecular complexity index is 490. The second kappa shape index (κ2) is 6.81. The highest BCUT2D eigenvalue weighted by molar-refractivity contribution is 7.07. The Kier molecular flexibility index (Phi) is 4.74. The Morgan fingerprint density at radius 3 is 2.70 bits per heavy atom. The first kappa shape index (κ1) is 16.0. The van der Waals surface area contributed by atoms with Gasteiger partial charge in [0.15, 0.2) is 5.79 Å². The summed E-state index contributed by atoms with van der Waals surface area (Å²) in [5.74, 6) is 0.537. The van der Waals surface area contributed by atoms with Crippen LogP contribution >= 0.6 is 11.3 Å². The van der Waals surface area contributed by atoms with Crippen LogP contribution in [0.1, 0.15) is 44.3 Å². The van der Waals surface area contributed by atoms with Crippen molar-refractivity contribution in [3.8, 4) is 0 Å². The van der Waals surface area contributed by atoms with Crippen LogP contribution in [0.2, 0.25) is 0 Å². The highest BCUT2D eigenvalue weighted by Gasteiger charge is 2.41. The van der Waals surface area contributed by atoms with Gasteiger partial charge in [0, 0.05) is 32.5 Å². The van der Waals surface area contributed by atoms with Crippen molar-refractivity contribution in [1.29, 1.82) is 0 Å². The van der Waals surface area contributed by atoms with Gasteiger partial charge in [-0.1, -0.05) is 0 Å². The molecule has 1 aromatic heterocycles. The maximum Gasteiger partial charge on any atom is 0.168 e. The average molecular weight is 337 g/mol. The molecule has 0 aromatic carbocycles. The Hall–Kier alpha value is -0.460. The zero-order chi connectivity index (χ0) is 15.7. The van der Waals surface area contributed by atoms with E-state index < -0.39 is 0 Å². The molecular weight excluding hydrogens is 310 g/mol. The van der Waals surface area contributed by atoms with Gasteiger partial charge in [-0.25, -0.2) is 0 Å². The van der Waals surface area contributed by atoms with Crippen molar-refractivity contribution in [1.82, 2.24) is 4.90 Å². The van der Waals surface area contributed by atoms with E-state index in [0.29, 0.717) is 6.10 Å². The fourth-order valence-electron chi connectivity index (χ4n) is 4.28. The minimum atomic E-state index is -0.228. The molecule has 0 N–H and O–H groups in total. The van der Waals surface area contributed by atoms with Crippen LogP contribution in [-0.2, 0) is 14.2 Å². The molecule has 4 rings (SSSR count). The van der Waals surface area contributed by atoms with E-state index in [2.05, 4.69) is 28.7 Å². The first-order chi connectivity index (χ1) is 11.2. The van der Waals surface area contributed by atoms with Crippen molar-refractivity contribution in [3.05, 3.63) is 22.4 Å². The predicted molar refractivity (Wildman–Crippen MR) is 90.6 cm³/mol. The SMILES string of the molecule is C[C@H]1CN(CC2CCC3(CC2)OCCO3)C[C@H](c2ccsc2)O1. The summed E-state index contributed by atoms with van der Waals surface area (Å²) in [6.07, 6.45) is 5.10. The van der Waals surface area contributed by atoms with Gasteiger partial charge in [-0.2, -0.15) is 11.3 Å². The van der Waals surface area contributed by atoms with Gasteiger partial charge in [0.05, 0.1) is 25.4 Å². The molecule has 2 aliphatic heterocycles. The Morgan fingerprint density at radius 1 is 1.22 bits per heavy atom. The molecule has 3 heterocycles.